The van der Waals surface area contributed by atoms with Crippen LogP contribution in [-0.2, 0) is 38.0 Å². The Balaban J connectivity index is 1.69. The number of nitrogens with one attached hydrogen (secondary N) is 2. The van der Waals surface area contributed by atoms with Crippen molar-refractivity contribution >= 4 is 11.8 Å². The summed E-state index contributed by atoms with van der Waals surface area (Å²) >= 11 is 0. The fourth-order valence-electron chi connectivity index (χ4n) is 12.0. The van der Waals surface area contributed by atoms with Gasteiger partial charge in [0, 0.05) is 6.92 Å². The monoisotopic (exact) mass is 1240 g/mol. The number of amides is 2. The van der Waals surface area contributed by atoms with Gasteiger partial charge in [0.2, 0.25) is 11.8 Å². The third-order valence-corrected chi connectivity index (χ3v) is 17.5. The van der Waals surface area contributed by atoms with Crippen molar-refractivity contribution in [1.29, 1.82) is 0 Å². The molecule has 14 N–H and O–H groups in total. The summed E-state index contributed by atoms with van der Waals surface area (Å²) in [6.45, 7) is 2.28. The largest absolute Gasteiger partial charge is 0.394 e. The maximum atomic E-state index is 13.8. The molecule has 0 aromatic carbocycles. The molecule has 0 saturated carbocycles. The molecule has 3 aliphatic heterocycles. The molecular weight excluding hydrogens is 1120 g/mol. The number of ether oxygens (including phenoxy) is 6. The van der Waals surface area contributed by atoms with Gasteiger partial charge < -0.3 is 100 Å². The van der Waals surface area contributed by atoms with Gasteiger partial charge in [0.25, 0.3) is 0 Å². The van der Waals surface area contributed by atoms with Crippen LogP contribution in [0.3, 0.4) is 0 Å². The zero-order valence-corrected chi connectivity index (χ0v) is 52.9. The molecule has 22 nitrogen and oxygen atoms in total. The number of aliphatic hydroxyl groups excluding tert-OH is 12. The van der Waals surface area contributed by atoms with Crippen LogP contribution in [0.25, 0.3) is 0 Å². The summed E-state index contributed by atoms with van der Waals surface area (Å²) in [5.41, 5.74) is 0. The van der Waals surface area contributed by atoms with Gasteiger partial charge in [-0.1, -0.05) is 232 Å². The van der Waals surface area contributed by atoms with Crippen molar-refractivity contribution in [3.8, 4) is 0 Å². The van der Waals surface area contributed by atoms with Crippen LogP contribution >= 0.6 is 0 Å². The fourth-order valence-corrected chi connectivity index (χ4v) is 12.0. The second-order valence-electron chi connectivity index (χ2n) is 25.0. The summed E-state index contributed by atoms with van der Waals surface area (Å²) in [5, 5.41) is 136. The summed E-state index contributed by atoms with van der Waals surface area (Å²) in [7, 11) is 0. The number of carbonyl (C=O) groups is 2. The molecule has 3 saturated heterocycles. The van der Waals surface area contributed by atoms with Gasteiger partial charge in [-0.3, -0.25) is 9.59 Å². The van der Waals surface area contributed by atoms with Crippen molar-refractivity contribution in [1.82, 2.24) is 10.6 Å². The highest BCUT2D eigenvalue weighted by atomic mass is 16.8. The summed E-state index contributed by atoms with van der Waals surface area (Å²) in [5.74, 6) is -1.55. The molecule has 0 aliphatic carbocycles. The third-order valence-electron chi connectivity index (χ3n) is 17.5. The Morgan fingerprint density at radius 3 is 1.21 bits per heavy atom. The summed E-state index contributed by atoms with van der Waals surface area (Å²) < 4.78 is 36.0. The molecule has 3 heterocycles. The highest BCUT2D eigenvalue weighted by Crippen LogP contribution is 2.34. The van der Waals surface area contributed by atoms with Crippen LogP contribution in [0, 0.1) is 0 Å². The zero-order chi connectivity index (χ0) is 63.1. The Morgan fingerprint density at radius 2 is 0.791 bits per heavy atom. The van der Waals surface area contributed by atoms with Crippen LogP contribution in [0.1, 0.15) is 252 Å². The van der Waals surface area contributed by atoms with Crippen LogP contribution in [0.2, 0.25) is 0 Å². The average Bonchev–Trinajstić information content (AvgIpc) is 1.71. The zero-order valence-electron chi connectivity index (χ0n) is 52.9. The topological polar surface area (TPSA) is 356 Å². The number of carbonyl (C=O) groups excluding carboxylic acids is 2. The number of rotatable bonds is 51. The minimum atomic E-state index is -2.03. The van der Waals surface area contributed by atoms with Gasteiger partial charge >= 0.3 is 0 Å². The summed E-state index contributed by atoms with van der Waals surface area (Å²) in [6.07, 6.45) is 10.5. The summed E-state index contributed by atoms with van der Waals surface area (Å²) in [4.78, 5) is 26.2. The lowest BCUT2D eigenvalue weighted by Gasteiger charge is -2.49. The normalized spacial score (nSPS) is 29.4. The van der Waals surface area contributed by atoms with Crippen molar-refractivity contribution in [3.05, 3.63) is 0 Å². The minimum Gasteiger partial charge on any atom is -0.394 e. The molecule has 3 rings (SSSR count). The van der Waals surface area contributed by atoms with E-state index in [0.29, 0.717) is 12.8 Å². The number of hydrogen-bond acceptors (Lipinski definition) is 20. The first-order valence-electron chi connectivity index (χ1n) is 34.0. The number of hydrogen-bond donors (Lipinski definition) is 14. The lowest BCUT2D eigenvalue weighted by Crippen LogP contribution is -2.69. The van der Waals surface area contributed by atoms with Gasteiger partial charge in [0.1, 0.15) is 85.4 Å². The van der Waals surface area contributed by atoms with E-state index in [1.54, 1.807) is 0 Å². The second kappa shape index (κ2) is 47.2. The van der Waals surface area contributed by atoms with E-state index in [1.165, 1.54) is 148 Å². The highest BCUT2D eigenvalue weighted by Gasteiger charge is 2.55. The Bertz CT molecular complexity index is 1680. The van der Waals surface area contributed by atoms with Gasteiger partial charge in [-0.25, -0.2) is 0 Å². The average molecular weight is 1240 g/mol. The molecule has 22 heteroatoms. The van der Waals surface area contributed by atoms with Crippen molar-refractivity contribution in [3.63, 3.8) is 0 Å². The number of aliphatic hydroxyl groups is 12. The smallest absolute Gasteiger partial charge is 0.249 e. The van der Waals surface area contributed by atoms with E-state index in [4.69, 9.17) is 28.4 Å². The van der Waals surface area contributed by atoms with Crippen molar-refractivity contribution in [2.45, 2.75) is 368 Å². The standard InChI is InChI=1S/C64H122N2O20/c1-4-6-8-10-12-14-16-18-19-20-21-22-23-24-25-27-29-31-33-35-37-39-47(72)61(80)66-45(52(73)46(71)38-36-34-32-30-28-26-17-15-13-11-9-7-5-2)43-81-64-60(86-63-58(79)57(78)54(75)49(41-68)83-63)59(55(76)50(42-69)84-64)85-62-51(65-44(3)70)56(77)53(74)48(40-67)82-62/h45-60,62-64,67-69,71-79H,4-43H2,1-3H3,(H,65,70)(H,66,80)/t45-,46+,47+,48+,49+,50+,51+,52-,53-,54-,55-,56+,57-,58+,59-,60+,62+,63+,64-/m0/s1. The Hall–Kier alpha value is -1.78. The predicted molar refractivity (Wildman–Crippen MR) is 324 cm³/mol. The molecular formula is C64H122N2O20. The van der Waals surface area contributed by atoms with Crippen molar-refractivity contribution in [2.24, 2.45) is 0 Å². The van der Waals surface area contributed by atoms with Crippen LogP contribution in [0.4, 0.5) is 0 Å². The molecule has 0 unspecified atom stereocenters. The van der Waals surface area contributed by atoms with Gasteiger partial charge in [0.05, 0.1) is 38.6 Å². The van der Waals surface area contributed by atoms with Gasteiger partial charge in [0.15, 0.2) is 18.9 Å². The second-order valence-corrected chi connectivity index (χ2v) is 25.0. The SMILES string of the molecule is CCCCCCCCCCCCCCCCCCCCCCC[C@@H](O)C(=O)N[C@@H](CO[C@H]1O[C@H](CO)[C@H](O)[C@H](O[C@H]2O[C@H](CO)[C@H](O)[C@H](O)[C@H]2NC(C)=O)[C@H]1O[C@H]1O[C@H](CO)[C@H](O)[C@H](O)[C@H]1O)[C@H](O)[C@H](O)CCCCCCCCCCCCCCC. The van der Waals surface area contributed by atoms with Crippen LogP contribution < -0.4 is 10.6 Å². The first-order chi connectivity index (χ1) is 41.5. The van der Waals surface area contributed by atoms with E-state index in [9.17, 15) is 70.9 Å². The molecule has 0 spiro atoms. The van der Waals surface area contributed by atoms with E-state index >= 15 is 0 Å². The molecule has 2 amide bonds. The van der Waals surface area contributed by atoms with Crippen LogP contribution in [0.5, 0.6) is 0 Å². The van der Waals surface area contributed by atoms with Crippen LogP contribution in [0.15, 0.2) is 0 Å². The fraction of sp³-hybridized carbons (Fsp3) is 0.969. The molecule has 19 atom stereocenters. The lowest BCUT2D eigenvalue weighted by atomic mass is 9.95. The molecule has 0 aromatic rings. The molecule has 0 aromatic heterocycles. The maximum absolute atomic E-state index is 13.8. The van der Waals surface area contributed by atoms with Gasteiger partial charge in [-0.2, -0.15) is 0 Å². The van der Waals surface area contributed by atoms with Gasteiger partial charge in [-0.05, 0) is 12.8 Å². The Labute approximate surface area is 514 Å². The van der Waals surface area contributed by atoms with E-state index in [0.717, 1.165) is 64.7 Å². The number of unbranched alkanes of at least 4 members (excludes halogenated alkanes) is 32. The van der Waals surface area contributed by atoms with E-state index in [2.05, 4.69) is 24.5 Å². The Kier molecular flexibility index (Phi) is 43.0. The molecule has 508 valence electrons. The maximum Gasteiger partial charge on any atom is 0.249 e. The molecule has 0 bridgehead atoms. The molecule has 86 heavy (non-hydrogen) atoms. The van der Waals surface area contributed by atoms with Crippen LogP contribution in [-0.4, -0.2) is 216 Å². The minimum absolute atomic E-state index is 0.123. The first kappa shape index (κ1) is 78.5. The first-order valence-corrected chi connectivity index (χ1v) is 34.0. The highest BCUT2D eigenvalue weighted by molar-refractivity contribution is 5.80. The quantitative estimate of drug-likeness (QED) is 0.0346. The molecule has 3 aliphatic rings. The molecule has 0 radical (unpaired) electrons. The predicted octanol–water partition coefficient (Wildman–Crippen LogP) is 5.25. The van der Waals surface area contributed by atoms with E-state index in [-0.39, 0.29) is 12.8 Å². The summed E-state index contributed by atoms with van der Waals surface area (Å²) in [6, 6.07) is -3.01. The lowest BCUT2D eigenvalue weighted by molar-refractivity contribution is -0.387. The third kappa shape index (κ3) is 29.7. The van der Waals surface area contributed by atoms with Crippen molar-refractivity contribution in [2.75, 3.05) is 26.4 Å². The van der Waals surface area contributed by atoms with E-state index < -0.39 is 155 Å². The Morgan fingerprint density at radius 1 is 0.430 bits per heavy atom. The van der Waals surface area contributed by atoms with Crippen molar-refractivity contribution < 1.29 is 99.3 Å². The van der Waals surface area contributed by atoms with E-state index in [1.807, 2.05) is 0 Å². The van der Waals surface area contributed by atoms with Gasteiger partial charge in [-0.15, -0.1) is 0 Å². The molecule has 3 fully saturated rings.